The van der Waals surface area contributed by atoms with Gasteiger partial charge in [-0.2, -0.15) is 13.7 Å². The summed E-state index contributed by atoms with van der Waals surface area (Å²) in [5.41, 5.74) is 0. The molecule has 0 aliphatic rings. The number of hydrogen-bond acceptors (Lipinski definition) is 5. The number of aliphatic carboxylic acids is 1. The minimum Gasteiger partial charge on any atom is -0.550 e. The van der Waals surface area contributed by atoms with Crippen LogP contribution in [0, 0.1) is 11.3 Å². The fraction of sp³-hybridized carbons (Fsp3) is 0.778. The second kappa shape index (κ2) is 18.2. The zero-order valence-corrected chi connectivity index (χ0v) is 13.6. The van der Waals surface area contributed by atoms with Crippen LogP contribution in [0.15, 0.2) is 0 Å². The molecule has 1 N–H and O–H groups in total. The van der Waals surface area contributed by atoms with E-state index in [0.717, 1.165) is 19.8 Å². The molecule has 0 unspecified atom stereocenters. The first-order valence-corrected chi connectivity index (χ1v) is 6.25. The van der Waals surface area contributed by atoms with Crippen molar-refractivity contribution in [2.45, 2.75) is 40.0 Å². The fourth-order valence-electron chi connectivity index (χ4n) is 0.534. The number of carboxylic acid groups (broad SMARTS) is 1. The Bertz CT molecular complexity index is 293. The molecule has 0 fully saturated rings. The SMILES string of the molecule is CC#N.CC(=O)[O-].CCCCCS(=O)(=O)O.[Na+]. The van der Waals surface area contributed by atoms with Gasteiger partial charge in [-0.15, -0.1) is 0 Å². The molecule has 0 bridgehead atoms. The topological polar surface area (TPSA) is 118 Å². The summed E-state index contributed by atoms with van der Waals surface area (Å²) in [6.45, 7) is 4.38. The zero-order chi connectivity index (χ0) is 13.6. The van der Waals surface area contributed by atoms with Crippen molar-refractivity contribution in [1.29, 1.82) is 5.26 Å². The van der Waals surface area contributed by atoms with Crippen molar-refractivity contribution in [1.82, 2.24) is 0 Å². The predicted molar refractivity (Wildman–Crippen MR) is 57.9 cm³/mol. The summed E-state index contributed by atoms with van der Waals surface area (Å²) < 4.78 is 28.3. The number of carboxylic acids is 1. The molecule has 0 aliphatic heterocycles. The van der Waals surface area contributed by atoms with Gasteiger partial charge < -0.3 is 9.90 Å². The van der Waals surface area contributed by atoms with Crippen molar-refractivity contribution in [3.8, 4) is 6.07 Å². The minimum atomic E-state index is -3.70. The maximum atomic E-state index is 10.1. The van der Waals surface area contributed by atoms with Gasteiger partial charge in [0.15, 0.2) is 0 Å². The second-order valence-electron chi connectivity index (χ2n) is 2.71. The summed E-state index contributed by atoms with van der Waals surface area (Å²) in [7, 11) is -3.70. The molecule has 0 aromatic rings. The molecule has 0 aliphatic carbocycles. The first-order chi connectivity index (χ1) is 7.21. The molecule has 0 radical (unpaired) electrons. The van der Waals surface area contributed by atoms with Gasteiger partial charge in [0.1, 0.15) is 0 Å². The molecule has 8 heteroatoms. The monoisotopic (exact) mass is 275 g/mol. The van der Waals surface area contributed by atoms with E-state index in [0.29, 0.717) is 6.42 Å². The molecule has 17 heavy (non-hydrogen) atoms. The third-order valence-corrected chi connectivity index (χ3v) is 1.81. The van der Waals surface area contributed by atoms with E-state index in [-0.39, 0.29) is 35.3 Å². The van der Waals surface area contributed by atoms with Gasteiger partial charge in [0.2, 0.25) is 0 Å². The minimum absolute atomic E-state index is 0. The van der Waals surface area contributed by atoms with Crippen LogP contribution >= 0.6 is 0 Å². The average Bonchev–Trinajstić information content (AvgIpc) is 2.02. The van der Waals surface area contributed by atoms with E-state index in [9.17, 15) is 8.42 Å². The summed E-state index contributed by atoms with van der Waals surface area (Å²) in [4.78, 5) is 8.89. The Balaban J connectivity index is -0.0000000893. The molecule has 0 saturated heterocycles. The number of carbonyl (C=O) groups excluding carboxylic acids is 1. The molecular formula is C9H18NNaO5S. The molecule has 0 saturated carbocycles. The van der Waals surface area contributed by atoms with Crippen molar-refractivity contribution in [2.75, 3.05) is 5.75 Å². The van der Waals surface area contributed by atoms with E-state index in [1.54, 1.807) is 6.07 Å². The molecule has 0 aromatic heterocycles. The Labute approximate surface area is 125 Å². The van der Waals surface area contributed by atoms with E-state index in [4.69, 9.17) is 19.7 Å². The second-order valence-corrected chi connectivity index (χ2v) is 4.28. The molecule has 0 atom stereocenters. The molecule has 0 amide bonds. The summed E-state index contributed by atoms with van der Waals surface area (Å²) in [5, 5.41) is 16.2. The number of rotatable bonds is 4. The molecule has 6 nitrogen and oxygen atoms in total. The zero-order valence-electron chi connectivity index (χ0n) is 10.8. The number of nitrogens with zero attached hydrogens (tertiary/aromatic N) is 1. The van der Waals surface area contributed by atoms with Crippen LogP contribution in [0.1, 0.15) is 40.0 Å². The van der Waals surface area contributed by atoms with Gasteiger partial charge in [-0.1, -0.05) is 19.8 Å². The summed E-state index contributed by atoms with van der Waals surface area (Å²) in [5.74, 6) is -1.18. The van der Waals surface area contributed by atoms with Crippen LogP contribution in [0.4, 0.5) is 0 Å². The summed E-state index contributed by atoms with van der Waals surface area (Å²) >= 11 is 0. The molecule has 0 spiro atoms. The van der Waals surface area contributed by atoms with Gasteiger partial charge in [-0.25, -0.2) is 0 Å². The van der Waals surface area contributed by atoms with Crippen LogP contribution in [0.5, 0.6) is 0 Å². The van der Waals surface area contributed by atoms with Gasteiger partial charge in [-0.05, 0) is 13.3 Å². The molecule has 96 valence electrons. The van der Waals surface area contributed by atoms with Crippen LogP contribution in [-0.4, -0.2) is 24.7 Å². The molecular weight excluding hydrogens is 257 g/mol. The van der Waals surface area contributed by atoms with Crippen molar-refractivity contribution in [3.05, 3.63) is 0 Å². The van der Waals surface area contributed by atoms with Gasteiger partial charge in [-0.3, -0.25) is 4.55 Å². The van der Waals surface area contributed by atoms with Crippen LogP contribution in [0.3, 0.4) is 0 Å². The summed E-state index contributed by atoms with van der Waals surface area (Å²) in [6.07, 6.45) is 2.39. The van der Waals surface area contributed by atoms with E-state index >= 15 is 0 Å². The molecule has 0 aromatic carbocycles. The predicted octanol–water partition coefficient (Wildman–Crippen LogP) is -2.65. The number of carbonyl (C=O) groups is 1. The third kappa shape index (κ3) is 88.6. The first-order valence-electron chi connectivity index (χ1n) is 4.64. The smallest absolute Gasteiger partial charge is 0.550 e. The standard InChI is InChI=1S/C5H12O3S.C2H3N.C2H4O2.Na/c1-2-3-4-5-9(6,7)8;1-2-3;1-2(3)4;/h2-5H2,1H3,(H,6,7,8);1H3;1H3,(H,3,4);/q;;;+1/p-1. The Morgan fingerprint density at radius 2 is 1.71 bits per heavy atom. The van der Waals surface area contributed by atoms with Crippen molar-refractivity contribution in [2.24, 2.45) is 0 Å². The largest absolute Gasteiger partial charge is 1.00 e. The normalized spacial score (nSPS) is 8.18. The summed E-state index contributed by atoms with van der Waals surface area (Å²) in [6, 6.07) is 1.75. The van der Waals surface area contributed by atoms with Crippen LogP contribution in [-0.2, 0) is 14.9 Å². The average molecular weight is 275 g/mol. The fourth-order valence-corrected chi connectivity index (χ4v) is 1.10. The van der Waals surface area contributed by atoms with Crippen LogP contribution in [0.25, 0.3) is 0 Å². The quantitative estimate of drug-likeness (QED) is 0.340. The first kappa shape index (κ1) is 25.7. The van der Waals surface area contributed by atoms with E-state index in [1.807, 2.05) is 6.92 Å². The number of hydrogen-bond donors (Lipinski definition) is 1. The van der Waals surface area contributed by atoms with E-state index < -0.39 is 16.1 Å². The van der Waals surface area contributed by atoms with Crippen LogP contribution < -0.4 is 34.7 Å². The van der Waals surface area contributed by atoms with E-state index in [2.05, 4.69) is 0 Å². The number of nitriles is 1. The maximum Gasteiger partial charge on any atom is 1.00 e. The van der Waals surface area contributed by atoms with E-state index in [1.165, 1.54) is 6.92 Å². The molecule has 0 rings (SSSR count). The van der Waals surface area contributed by atoms with Gasteiger partial charge in [0.05, 0.1) is 11.8 Å². The van der Waals surface area contributed by atoms with Gasteiger partial charge in [0, 0.05) is 12.9 Å². The molecule has 0 heterocycles. The Hall–Kier alpha value is -0.130. The van der Waals surface area contributed by atoms with Crippen LogP contribution in [0.2, 0.25) is 0 Å². The van der Waals surface area contributed by atoms with Crippen molar-refractivity contribution < 1.29 is 52.4 Å². The Morgan fingerprint density at radius 1 is 1.41 bits per heavy atom. The Kier molecular flexibility index (Phi) is 27.5. The maximum absolute atomic E-state index is 10.1. The van der Waals surface area contributed by atoms with Crippen molar-refractivity contribution >= 4 is 16.1 Å². The Morgan fingerprint density at radius 3 is 1.88 bits per heavy atom. The van der Waals surface area contributed by atoms with Gasteiger partial charge >= 0.3 is 29.6 Å². The number of unbranched alkanes of at least 4 members (excludes halogenated alkanes) is 2. The third-order valence-electron chi connectivity index (χ3n) is 1.01. The van der Waals surface area contributed by atoms with Gasteiger partial charge in [0.25, 0.3) is 10.1 Å². The van der Waals surface area contributed by atoms with Crippen molar-refractivity contribution in [3.63, 3.8) is 0 Å².